The van der Waals surface area contributed by atoms with Gasteiger partial charge >= 0.3 is 0 Å². The maximum atomic E-state index is 4.39. The van der Waals surface area contributed by atoms with Crippen molar-refractivity contribution >= 4 is 0 Å². The number of unbranched alkanes of at least 4 members (excludes halogenated alkanes) is 1. The Bertz CT molecular complexity index is 302. The van der Waals surface area contributed by atoms with Crippen LogP contribution in [0.15, 0.2) is 40.6 Å². The van der Waals surface area contributed by atoms with E-state index < -0.39 is 0 Å². The summed E-state index contributed by atoms with van der Waals surface area (Å²) in [6.07, 6.45) is 2.29. The lowest BCUT2D eigenvalue weighted by Gasteiger charge is -2.18. The second-order valence-corrected chi connectivity index (χ2v) is 4.24. The summed E-state index contributed by atoms with van der Waals surface area (Å²) >= 11 is 0. The van der Waals surface area contributed by atoms with Crippen LogP contribution in [-0.2, 0) is 5.54 Å². The van der Waals surface area contributed by atoms with Crippen LogP contribution >= 0.6 is 0 Å². The van der Waals surface area contributed by atoms with Crippen molar-refractivity contribution < 1.29 is 0 Å². The van der Waals surface area contributed by atoms with E-state index in [0.29, 0.717) is 0 Å². The first-order valence-electron chi connectivity index (χ1n) is 5.61. The monoisotopic (exact) mass is 204 g/mol. The molecule has 2 nitrogen and oxygen atoms in total. The molecule has 15 heavy (non-hydrogen) atoms. The molecule has 0 N–H and O–H groups in total. The van der Waals surface area contributed by atoms with Crippen molar-refractivity contribution in [3.05, 3.63) is 35.9 Å². The van der Waals surface area contributed by atoms with Gasteiger partial charge in [-0.1, -0.05) is 43.7 Å². The smallest absolute Gasteiger partial charge is 0.101 e. The van der Waals surface area contributed by atoms with E-state index in [-0.39, 0.29) is 5.54 Å². The van der Waals surface area contributed by atoms with E-state index in [1.54, 1.807) is 0 Å². The van der Waals surface area contributed by atoms with Gasteiger partial charge in [0, 0.05) is 0 Å². The number of hydrogen-bond acceptors (Lipinski definition) is 2. The standard InChI is InChI=1S/C13H20N2/c1-4-5-11-14-15-13(2,3)12-9-7-6-8-10-12/h6-10H,4-5,11H2,1-3H3. The summed E-state index contributed by atoms with van der Waals surface area (Å²) in [6.45, 7) is 7.19. The highest BCUT2D eigenvalue weighted by atomic mass is 15.1. The van der Waals surface area contributed by atoms with Crippen molar-refractivity contribution in [1.29, 1.82) is 0 Å². The molecule has 0 heterocycles. The lowest BCUT2D eigenvalue weighted by molar-refractivity contribution is 0.511. The van der Waals surface area contributed by atoms with Crippen LogP contribution in [0.3, 0.4) is 0 Å². The average Bonchev–Trinajstić information content (AvgIpc) is 2.26. The van der Waals surface area contributed by atoms with Crippen molar-refractivity contribution in [3.63, 3.8) is 0 Å². The van der Waals surface area contributed by atoms with Crippen LogP contribution in [0.5, 0.6) is 0 Å². The van der Waals surface area contributed by atoms with Gasteiger partial charge in [0.1, 0.15) is 5.54 Å². The summed E-state index contributed by atoms with van der Waals surface area (Å²) in [4.78, 5) is 0. The number of benzene rings is 1. The first-order valence-corrected chi connectivity index (χ1v) is 5.61. The average molecular weight is 204 g/mol. The molecule has 0 spiro atoms. The van der Waals surface area contributed by atoms with Crippen LogP contribution in [0.25, 0.3) is 0 Å². The summed E-state index contributed by atoms with van der Waals surface area (Å²) in [7, 11) is 0. The Morgan fingerprint density at radius 1 is 1.13 bits per heavy atom. The fourth-order valence-electron chi connectivity index (χ4n) is 1.36. The highest BCUT2D eigenvalue weighted by Crippen LogP contribution is 2.24. The maximum absolute atomic E-state index is 4.39. The molecular formula is C13H20N2. The van der Waals surface area contributed by atoms with Crippen molar-refractivity contribution in [2.75, 3.05) is 6.54 Å². The van der Waals surface area contributed by atoms with Crippen LogP contribution < -0.4 is 0 Å². The van der Waals surface area contributed by atoms with Gasteiger partial charge in [-0.05, 0) is 25.8 Å². The van der Waals surface area contributed by atoms with Gasteiger partial charge in [0.2, 0.25) is 0 Å². The highest BCUT2D eigenvalue weighted by Gasteiger charge is 2.18. The molecule has 1 rings (SSSR count). The first-order chi connectivity index (χ1) is 7.17. The zero-order valence-electron chi connectivity index (χ0n) is 9.90. The molecule has 0 unspecified atom stereocenters. The van der Waals surface area contributed by atoms with Gasteiger partial charge in [0.15, 0.2) is 0 Å². The minimum absolute atomic E-state index is 0.199. The molecule has 0 radical (unpaired) electrons. The zero-order chi connectivity index (χ0) is 11.1. The van der Waals surface area contributed by atoms with Gasteiger partial charge < -0.3 is 0 Å². The van der Waals surface area contributed by atoms with Crippen molar-refractivity contribution in [2.24, 2.45) is 10.2 Å². The molecule has 0 bridgehead atoms. The van der Waals surface area contributed by atoms with E-state index in [1.165, 1.54) is 12.0 Å². The van der Waals surface area contributed by atoms with Gasteiger partial charge in [-0.2, -0.15) is 10.2 Å². The predicted molar refractivity (Wildman–Crippen MR) is 64.1 cm³/mol. The van der Waals surface area contributed by atoms with Crippen LogP contribution in [0, 0.1) is 0 Å². The molecule has 0 aromatic heterocycles. The number of hydrogen-bond donors (Lipinski definition) is 0. The molecule has 82 valence electrons. The Hall–Kier alpha value is -1.18. The normalized spacial score (nSPS) is 12.2. The summed E-state index contributed by atoms with van der Waals surface area (Å²) in [6, 6.07) is 10.3. The first kappa shape index (κ1) is 11.9. The van der Waals surface area contributed by atoms with Gasteiger partial charge in [-0.3, -0.25) is 0 Å². The van der Waals surface area contributed by atoms with E-state index in [0.717, 1.165) is 13.0 Å². The molecule has 0 aliphatic carbocycles. The van der Waals surface area contributed by atoms with Crippen LogP contribution in [0.2, 0.25) is 0 Å². The van der Waals surface area contributed by atoms with Crippen molar-refractivity contribution in [2.45, 2.75) is 39.2 Å². The van der Waals surface area contributed by atoms with Gasteiger partial charge in [0.05, 0.1) is 6.54 Å². The predicted octanol–water partition coefficient (Wildman–Crippen LogP) is 4.17. The zero-order valence-corrected chi connectivity index (χ0v) is 9.90. The van der Waals surface area contributed by atoms with Gasteiger partial charge in [-0.15, -0.1) is 0 Å². The topological polar surface area (TPSA) is 24.7 Å². The van der Waals surface area contributed by atoms with E-state index >= 15 is 0 Å². The number of rotatable bonds is 5. The molecule has 0 aliphatic heterocycles. The Labute approximate surface area is 92.4 Å². The Morgan fingerprint density at radius 2 is 1.80 bits per heavy atom. The van der Waals surface area contributed by atoms with E-state index in [2.05, 4.69) is 43.1 Å². The highest BCUT2D eigenvalue weighted by molar-refractivity contribution is 5.22. The molecule has 0 fully saturated rings. The molecule has 0 amide bonds. The fraction of sp³-hybridized carbons (Fsp3) is 0.538. The Balaban J connectivity index is 2.63. The summed E-state index contributed by atoms with van der Waals surface area (Å²) in [5, 5.41) is 8.62. The summed E-state index contributed by atoms with van der Waals surface area (Å²) in [5.74, 6) is 0. The SMILES string of the molecule is CCCCN=NC(C)(C)c1ccccc1. The van der Waals surface area contributed by atoms with Gasteiger partial charge in [0.25, 0.3) is 0 Å². The van der Waals surface area contributed by atoms with E-state index in [4.69, 9.17) is 0 Å². The molecular weight excluding hydrogens is 184 g/mol. The van der Waals surface area contributed by atoms with Gasteiger partial charge in [-0.25, -0.2) is 0 Å². The second kappa shape index (κ2) is 5.64. The fourth-order valence-corrected chi connectivity index (χ4v) is 1.36. The molecule has 1 aromatic rings. The van der Waals surface area contributed by atoms with Crippen LogP contribution in [-0.4, -0.2) is 6.54 Å². The summed E-state index contributed by atoms with van der Waals surface area (Å²) < 4.78 is 0. The Kier molecular flexibility index (Phi) is 4.47. The number of azo groups is 1. The Morgan fingerprint density at radius 3 is 2.40 bits per heavy atom. The molecule has 1 aromatic carbocycles. The van der Waals surface area contributed by atoms with Crippen LogP contribution in [0.4, 0.5) is 0 Å². The molecule has 2 heteroatoms. The third kappa shape index (κ3) is 3.82. The van der Waals surface area contributed by atoms with E-state index in [9.17, 15) is 0 Å². The molecule has 0 saturated heterocycles. The quantitative estimate of drug-likeness (QED) is 0.508. The lowest BCUT2D eigenvalue weighted by Crippen LogP contribution is -2.12. The third-order valence-electron chi connectivity index (χ3n) is 2.41. The second-order valence-electron chi connectivity index (χ2n) is 4.24. The number of nitrogens with zero attached hydrogens (tertiary/aromatic N) is 2. The van der Waals surface area contributed by atoms with Crippen LogP contribution in [0.1, 0.15) is 39.2 Å². The lowest BCUT2D eigenvalue weighted by atomic mass is 9.96. The largest absolute Gasteiger partial charge is 0.193 e. The molecule has 0 atom stereocenters. The van der Waals surface area contributed by atoms with Crippen molar-refractivity contribution in [1.82, 2.24) is 0 Å². The molecule has 0 saturated carbocycles. The minimum Gasteiger partial charge on any atom is -0.193 e. The minimum atomic E-state index is -0.199. The van der Waals surface area contributed by atoms with E-state index in [1.807, 2.05) is 18.2 Å². The molecule has 0 aliphatic rings. The maximum Gasteiger partial charge on any atom is 0.101 e. The summed E-state index contributed by atoms with van der Waals surface area (Å²) in [5.41, 5.74) is 1.01. The van der Waals surface area contributed by atoms with Crippen molar-refractivity contribution in [3.8, 4) is 0 Å². The third-order valence-corrected chi connectivity index (χ3v) is 2.41.